The Bertz CT molecular complexity index is 568. The minimum atomic E-state index is 0.712. The van der Waals surface area contributed by atoms with Crippen molar-refractivity contribution in [2.45, 2.75) is 25.7 Å². The van der Waals surface area contributed by atoms with Crippen molar-refractivity contribution in [2.24, 2.45) is 0 Å². The summed E-state index contributed by atoms with van der Waals surface area (Å²) in [5.74, 6) is 0.712. The molecule has 0 atom stereocenters. The molecular weight excluding hydrogens is 310 g/mol. The summed E-state index contributed by atoms with van der Waals surface area (Å²) in [5, 5.41) is 0. The molecule has 0 saturated carbocycles. The van der Waals surface area contributed by atoms with Gasteiger partial charge in [0, 0.05) is 23.2 Å². The van der Waals surface area contributed by atoms with Crippen LogP contribution in [-0.4, -0.2) is 13.1 Å². The summed E-state index contributed by atoms with van der Waals surface area (Å²) < 4.78 is 1.17. The molecule has 1 aliphatic heterocycles. The summed E-state index contributed by atoms with van der Waals surface area (Å²) in [4.78, 5) is 2.52. The van der Waals surface area contributed by atoms with Crippen molar-refractivity contribution in [1.82, 2.24) is 0 Å². The molecule has 0 N–H and O–H groups in total. The Balaban J connectivity index is 1.66. The fraction of sp³-hybridized carbons (Fsp3) is 0.333. The van der Waals surface area contributed by atoms with Crippen molar-refractivity contribution in [3.05, 3.63) is 64.1 Å². The SMILES string of the molecule is Cc1cccc(N2CCC(c3ccc(Br)cc3)CC2)c1. The van der Waals surface area contributed by atoms with E-state index in [4.69, 9.17) is 0 Å². The van der Waals surface area contributed by atoms with Crippen LogP contribution >= 0.6 is 15.9 Å². The van der Waals surface area contributed by atoms with Crippen molar-refractivity contribution in [2.75, 3.05) is 18.0 Å². The molecular formula is C18H20BrN. The van der Waals surface area contributed by atoms with Crippen LogP contribution in [0.2, 0.25) is 0 Å². The molecule has 0 amide bonds. The third-order valence-electron chi connectivity index (χ3n) is 4.20. The van der Waals surface area contributed by atoms with Gasteiger partial charge in [0.15, 0.2) is 0 Å². The molecule has 1 heterocycles. The van der Waals surface area contributed by atoms with Gasteiger partial charge < -0.3 is 4.90 Å². The van der Waals surface area contributed by atoms with E-state index in [0.29, 0.717) is 5.92 Å². The fourth-order valence-electron chi connectivity index (χ4n) is 3.03. The van der Waals surface area contributed by atoms with Crippen LogP contribution in [0.1, 0.15) is 29.9 Å². The molecule has 20 heavy (non-hydrogen) atoms. The minimum Gasteiger partial charge on any atom is -0.371 e. The van der Waals surface area contributed by atoms with Crippen molar-refractivity contribution in [1.29, 1.82) is 0 Å². The third kappa shape index (κ3) is 3.06. The first-order valence-electron chi connectivity index (χ1n) is 7.29. The molecule has 0 spiro atoms. The number of piperidine rings is 1. The van der Waals surface area contributed by atoms with Gasteiger partial charge in [-0.05, 0) is 61.1 Å². The molecule has 1 nitrogen and oxygen atoms in total. The van der Waals surface area contributed by atoms with E-state index in [1.54, 1.807) is 0 Å². The highest BCUT2D eigenvalue weighted by atomic mass is 79.9. The maximum absolute atomic E-state index is 3.51. The first-order chi connectivity index (χ1) is 9.72. The second kappa shape index (κ2) is 6.01. The molecule has 1 fully saturated rings. The highest BCUT2D eigenvalue weighted by molar-refractivity contribution is 9.10. The predicted molar refractivity (Wildman–Crippen MR) is 89.5 cm³/mol. The number of hydrogen-bond acceptors (Lipinski definition) is 1. The van der Waals surface area contributed by atoms with Gasteiger partial charge in [-0.2, -0.15) is 0 Å². The van der Waals surface area contributed by atoms with Gasteiger partial charge in [0.05, 0.1) is 0 Å². The Kier molecular flexibility index (Phi) is 4.11. The first-order valence-corrected chi connectivity index (χ1v) is 8.09. The number of nitrogens with zero attached hydrogens (tertiary/aromatic N) is 1. The van der Waals surface area contributed by atoms with E-state index < -0.39 is 0 Å². The summed E-state index contributed by atoms with van der Waals surface area (Å²) in [6.07, 6.45) is 2.49. The van der Waals surface area contributed by atoms with Gasteiger partial charge in [0.25, 0.3) is 0 Å². The Hall–Kier alpha value is -1.28. The zero-order chi connectivity index (χ0) is 13.9. The van der Waals surface area contributed by atoms with Crippen molar-refractivity contribution in [3.63, 3.8) is 0 Å². The zero-order valence-electron chi connectivity index (χ0n) is 11.8. The van der Waals surface area contributed by atoms with Gasteiger partial charge in [0.2, 0.25) is 0 Å². The van der Waals surface area contributed by atoms with Crippen LogP contribution in [0.15, 0.2) is 53.0 Å². The average Bonchev–Trinajstić information content (AvgIpc) is 2.48. The van der Waals surface area contributed by atoms with Gasteiger partial charge >= 0.3 is 0 Å². The van der Waals surface area contributed by atoms with Crippen molar-refractivity contribution in [3.8, 4) is 0 Å². The number of halogens is 1. The number of hydrogen-bond donors (Lipinski definition) is 0. The normalized spacial score (nSPS) is 16.4. The van der Waals surface area contributed by atoms with Gasteiger partial charge in [-0.1, -0.05) is 40.2 Å². The van der Waals surface area contributed by atoms with Gasteiger partial charge in [-0.25, -0.2) is 0 Å². The van der Waals surface area contributed by atoms with E-state index in [-0.39, 0.29) is 0 Å². The van der Waals surface area contributed by atoms with Crippen LogP contribution in [0.5, 0.6) is 0 Å². The summed E-state index contributed by atoms with van der Waals surface area (Å²) in [6, 6.07) is 17.7. The molecule has 0 aromatic heterocycles. The van der Waals surface area contributed by atoms with Gasteiger partial charge in [-0.3, -0.25) is 0 Å². The largest absolute Gasteiger partial charge is 0.371 e. The third-order valence-corrected chi connectivity index (χ3v) is 4.73. The first kappa shape index (κ1) is 13.7. The molecule has 3 rings (SSSR count). The maximum Gasteiger partial charge on any atom is 0.0368 e. The van der Waals surface area contributed by atoms with Crippen LogP contribution < -0.4 is 4.90 Å². The lowest BCUT2D eigenvalue weighted by atomic mass is 9.89. The molecule has 1 aliphatic rings. The number of benzene rings is 2. The predicted octanol–water partition coefficient (Wildman–Crippen LogP) is 5.14. The Morgan fingerprint density at radius 2 is 1.70 bits per heavy atom. The quantitative estimate of drug-likeness (QED) is 0.737. The summed E-state index contributed by atoms with van der Waals surface area (Å²) in [6.45, 7) is 4.48. The maximum atomic E-state index is 3.51. The van der Waals surface area contributed by atoms with Crippen molar-refractivity contribution >= 4 is 21.6 Å². The summed E-state index contributed by atoms with van der Waals surface area (Å²) >= 11 is 3.51. The van der Waals surface area contributed by atoms with E-state index in [9.17, 15) is 0 Å². The number of aryl methyl sites for hydroxylation is 1. The molecule has 2 aromatic rings. The molecule has 104 valence electrons. The summed E-state index contributed by atoms with van der Waals surface area (Å²) in [5.41, 5.74) is 4.20. The lowest BCUT2D eigenvalue weighted by molar-refractivity contribution is 0.505. The average molecular weight is 330 g/mol. The van der Waals surface area contributed by atoms with Crippen molar-refractivity contribution < 1.29 is 0 Å². The van der Waals surface area contributed by atoms with Crippen LogP contribution in [-0.2, 0) is 0 Å². The van der Waals surface area contributed by atoms with E-state index >= 15 is 0 Å². The molecule has 2 heteroatoms. The number of rotatable bonds is 2. The van der Waals surface area contributed by atoms with E-state index in [2.05, 4.69) is 76.3 Å². The van der Waals surface area contributed by atoms with Crippen LogP contribution in [0, 0.1) is 6.92 Å². The minimum absolute atomic E-state index is 0.712. The van der Waals surface area contributed by atoms with Crippen LogP contribution in [0.3, 0.4) is 0 Å². The lowest BCUT2D eigenvalue weighted by Crippen LogP contribution is -2.32. The lowest BCUT2D eigenvalue weighted by Gasteiger charge is -2.34. The van der Waals surface area contributed by atoms with E-state index in [1.807, 2.05) is 0 Å². The van der Waals surface area contributed by atoms with Crippen LogP contribution in [0.4, 0.5) is 5.69 Å². The monoisotopic (exact) mass is 329 g/mol. The van der Waals surface area contributed by atoms with E-state index in [1.165, 1.54) is 34.1 Å². The second-order valence-corrected chi connectivity index (χ2v) is 6.57. The van der Waals surface area contributed by atoms with Crippen LogP contribution in [0.25, 0.3) is 0 Å². The Labute approximate surface area is 129 Å². The van der Waals surface area contributed by atoms with E-state index in [0.717, 1.165) is 13.1 Å². The molecule has 1 saturated heterocycles. The molecule has 0 radical (unpaired) electrons. The number of anilines is 1. The highest BCUT2D eigenvalue weighted by Crippen LogP contribution is 2.31. The Morgan fingerprint density at radius 3 is 2.35 bits per heavy atom. The molecule has 0 bridgehead atoms. The van der Waals surface area contributed by atoms with Gasteiger partial charge in [0.1, 0.15) is 0 Å². The molecule has 0 unspecified atom stereocenters. The smallest absolute Gasteiger partial charge is 0.0368 e. The van der Waals surface area contributed by atoms with Gasteiger partial charge in [-0.15, -0.1) is 0 Å². The second-order valence-electron chi connectivity index (χ2n) is 5.65. The molecule has 0 aliphatic carbocycles. The summed E-state index contributed by atoms with van der Waals surface area (Å²) in [7, 11) is 0. The molecule has 2 aromatic carbocycles. The topological polar surface area (TPSA) is 3.24 Å². The zero-order valence-corrected chi connectivity index (χ0v) is 13.4. The highest BCUT2D eigenvalue weighted by Gasteiger charge is 2.20. The Morgan fingerprint density at radius 1 is 1.00 bits per heavy atom. The fourth-order valence-corrected chi connectivity index (χ4v) is 3.29. The standard InChI is InChI=1S/C18H20BrN/c1-14-3-2-4-18(13-14)20-11-9-16(10-12-20)15-5-7-17(19)8-6-15/h2-8,13,16H,9-12H2,1H3.